The number of nitrogens with zero attached hydrogens (tertiary/aromatic N) is 1. The summed E-state index contributed by atoms with van der Waals surface area (Å²) < 4.78 is 14.1. The summed E-state index contributed by atoms with van der Waals surface area (Å²) in [5.41, 5.74) is 0.321. The standard InChI is InChI=1S/C17H13Cl2FN2O2/c18-11-4-1-3-10(9-11)15-16(23)21-7-8-22(15)17(24)14-12(19)5-2-6-13(14)20/h1-6,9,15H,7-8H2,(H,21,23). The van der Waals surface area contributed by atoms with Crippen LogP contribution in [0.5, 0.6) is 0 Å². The topological polar surface area (TPSA) is 49.4 Å². The molecule has 2 aromatic carbocycles. The summed E-state index contributed by atoms with van der Waals surface area (Å²) in [6.45, 7) is 0.528. The Bertz CT molecular complexity index is 793. The molecule has 1 aliphatic rings. The van der Waals surface area contributed by atoms with E-state index in [1.54, 1.807) is 24.3 Å². The first-order valence-electron chi connectivity index (χ1n) is 7.27. The molecule has 1 aliphatic heterocycles. The van der Waals surface area contributed by atoms with Gasteiger partial charge in [0.25, 0.3) is 5.91 Å². The molecule has 0 bridgehead atoms. The van der Waals surface area contributed by atoms with Crippen LogP contribution in [0.2, 0.25) is 10.0 Å². The van der Waals surface area contributed by atoms with Crippen molar-refractivity contribution in [3.63, 3.8) is 0 Å². The lowest BCUT2D eigenvalue weighted by molar-refractivity contribution is -0.128. The van der Waals surface area contributed by atoms with E-state index in [9.17, 15) is 14.0 Å². The van der Waals surface area contributed by atoms with Gasteiger partial charge >= 0.3 is 0 Å². The maximum atomic E-state index is 14.1. The number of benzene rings is 2. The molecular weight excluding hydrogens is 354 g/mol. The number of rotatable bonds is 2. The molecule has 124 valence electrons. The number of piperazine rings is 1. The maximum Gasteiger partial charge on any atom is 0.259 e. The van der Waals surface area contributed by atoms with Gasteiger partial charge in [0.1, 0.15) is 11.9 Å². The van der Waals surface area contributed by atoms with E-state index in [4.69, 9.17) is 23.2 Å². The lowest BCUT2D eigenvalue weighted by Gasteiger charge is -2.35. The first-order chi connectivity index (χ1) is 11.5. The highest BCUT2D eigenvalue weighted by Gasteiger charge is 2.36. The van der Waals surface area contributed by atoms with Gasteiger partial charge in [0.15, 0.2) is 0 Å². The van der Waals surface area contributed by atoms with E-state index in [-0.39, 0.29) is 29.6 Å². The summed E-state index contributed by atoms with van der Waals surface area (Å²) >= 11 is 12.0. The minimum Gasteiger partial charge on any atom is -0.352 e. The van der Waals surface area contributed by atoms with Crippen LogP contribution in [0.4, 0.5) is 4.39 Å². The highest BCUT2D eigenvalue weighted by molar-refractivity contribution is 6.34. The number of halogens is 3. The van der Waals surface area contributed by atoms with Crippen LogP contribution in [-0.2, 0) is 4.79 Å². The predicted octanol–water partition coefficient (Wildman–Crippen LogP) is 3.45. The molecular formula is C17H13Cl2FN2O2. The average molecular weight is 367 g/mol. The molecule has 1 saturated heterocycles. The SMILES string of the molecule is O=C1NCCN(C(=O)c2c(F)cccc2Cl)C1c1cccc(Cl)c1. The van der Waals surface area contributed by atoms with Gasteiger partial charge in [-0.3, -0.25) is 9.59 Å². The van der Waals surface area contributed by atoms with Gasteiger partial charge in [0.2, 0.25) is 5.91 Å². The van der Waals surface area contributed by atoms with Crippen molar-refractivity contribution in [2.24, 2.45) is 0 Å². The van der Waals surface area contributed by atoms with Crippen molar-refractivity contribution in [2.45, 2.75) is 6.04 Å². The predicted molar refractivity (Wildman–Crippen MR) is 89.6 cm³/mol. The van der Waals surface area contributed by atoms with Crippen LogP contribution in [0.15, 0.2) is 42.5 Å². The third kappa shape index (κ3) is 3.09. The summed E-state index contributed by atoms with van der Waals surface area (Å²) in [7, 11) is 0. The van der Waals surface area contributed by atoms with Gasteiger partial charge in [-0.2, -0.15) is 0 Å². The Morgan fingerprint density at radius 3 is 2.67 bits per heavy atom. The van der Waals surface area contributed by atoms with Crippen LogP contribution in [0.3, 0.4) is 0 Å². The van der Waals surface area contributed by atoms with Gasteiger partial charge in [0, 0.05) is 18.1 Å². The van der Waals surface area contributed by atoms with Crippen molar-refractivity contribution >= 4 is 35.0 Å². The van der Waals surface area contributed by atoms with Gasteiger partial charge in [-0.1, -0.05) is 41.4 Å². The number of carbonyl (C=O) groups excluding carboxylic acids is 2. The van der Waals surface area contributed by atoms with E-state index in [2.05, 4.69) is 5.32 Å². The van der Waals surface area contributed by atoms with E-state index in [1.807, 2.05) is 0 Å². The Hall–Kier alpha value is -2.11. The molecule has 1 heterocycles. The van der Waals surface area contributed by atoms with E-state index < -0.39 is 17.8 Å². The van der Waals surface area contributed by atoms with Crippen LogP contribution in [0, 0.1) is 5.82 Å². The Morgan fingerprint density at radius 2 is 1.96 bits per heavy atom. The molecule has 0 radical (unpaired) electrons. The van der Waals surface area contributed by atoms with Gasteiger partial charge in [0.05, 0.1) is 10.6 Å². The number of nitrogens with one attached hydrogen (secondary N) is 1. The molecule has 4 nitrogen and oxygen atoms in total. The quantitative estimate of drug-likeness (QED) is 0.884. The van der Waals surface area contributed by atoms with Crippen molar-refractivity contribution in [3.8, 4) is 0 Å². The van der Waals surface area contributed by atoms with Crippen LogP contribution >= 0.6 is 23.2 Å². The smallest absolute Gasteiger partial charge is 0.259 e. The maximum absolute atomic E-state index is 14.1. The Morgan fingerprint density at radius 1 is 1.21 bits per heavy atom. The second-order valence-electron chi connectivity index (χ2n) is 5.34. The van der Waals surface area contributed by atoms with Crippen molar-refractivity contribution in [1.29, 1.82) is 0 Å². The largest absolute Gasteiger partial charge is 0.352 e. The lowest BCUT2D eigenvalue weighted by atomic mass is 10.0. The fraction of sp³-hybridized carbons (Fsp3) is 0.176. The molecule has 0 aliphatic carbocycles. The summed E-state index contributed by atoms with van der Waals surface area (Å²) in [6.07, 6.45) is 0. The van der Waals surface area contributed by atoms with Crippen molar-refractivity contribution in [3.05, 3.63) is 69.5 Å². The van der Waals surface area contributed by atoms with Gasteiger partial charge in [-0.15, -0.1) is 0 Å². The summed E-state index contributed by atoms with van der Waals surface area (Å²) in [6, 6.07) is 9.81. The minimum atomic E-state index is -0.888. The van der Waals surface area contributed by atoms with Crippen molar-refractivity contribution in [2.75, 3.05) is 13.1 Å². The van der Waals surface area contributed by atoms with Crippen LogP contribution < -0.4 is 5.32 Å². The van der Waals surface area contributed by atoms with Crippen LogP contribution in [0.1, 0.15) is 22.0 Å². The zero-order valence-corrected chi connectivity index (χ0v) is 13.9. The van der Waals surface area contributed by atoms with E-state index >= 15 is 0 Å². The average Bonchev–Trinajstić information content (AvgIpc) is 2.54. The third-order valence-electron chi connectivity index (χ3n) is 3.81. The van der Waals surface area contributed by atoms with Gasteiger partial charge < -0.3 is 10.2 Å². The highest BCUT2D eigenvalue weighted by Crippen LogP contribution is 2.29. The Balaban J connectivity index is 2.03. The fourth-order valence-electron chi connectivity index (χ4n) is 2.74. The van der Waals surface area contributed by atoms with Crippen LogP contribution in [-0.4, -0.2) is 29.8 Å². The first-order valence-corrected chi connectivity index (χ1v) is 8.03. The van der Waals surface area contributed by atoms with E-state index in [1.165, 1.54) is 17.0 Å². The van der Waals surface area contributed by atoms with E-state index in [0.717, 1.165) is 6.07 Å². The molecule has 1 fully saturated rings. The molecule has 1 atom stereocenters. The number of hydrogen-bond acceptors (Lipinski definition) is 2. The van der Waals surface area contributed by atoms with Gasteiger partial charge in [-0.25, -0.2) is 4.39 Å². The van der Waals surface area contributed by atoms with Crippen molar-refractivity contribution < 1.29 is 14.0 Å². The number of carbonyl (C=O) groups is 2. The van der Waals surface area contributed by atoms with E-state index in [0.29, 0.717) is 10.6 Å². The first kappa shape index (κ1) is 16.7. The second kappa shape index (κ2) is 6.79. The molecule has 24 heavy (non-hydrogen) atoms. The zero-order chi connectivity index (χ0) is 17.3. The van der Waals surface area contributed by atoms with Crippen molar-refractivity contribution in [1.82, 2.24) is 10.2 Å². The second-order valence-corrected chi connectivity index (χ2v) is 6.19. The third-order valence-corrected chi connectivity index (χ3v) is 4.36. The minimum absolute atomic E-state index is 0.0100. The highest BCUT2D eigenvalue weighted by atomic mass is 35.5. The fourth-order valence-corrected chi connectivity index (χ4v) is 3.18. The van der Waals surface area contributed by atoms with Gasteiger partial charge in [-0.05, 0) is 29.8 Å². The number of amides is 2. The molecule has 3 rings (SSSR count). The molecule has 2 aromatic rings. The lowest BCUT2D eigenvalue weighted by Crippen LogP contribution is -2.52. The Labute approximate surface area is 148 Å². The summed E-state index contributed by atoms with van der Waals surface area (Å²) in [5.74, 6) is -1.69. The molecule has 2 amide bonds. The number of hydrogen-bond donors (Lipinski definition) is 1. The monoisotopic (exact) mass is 366 g/mol. The summed E-state index contributed by atoms with van der Waals surface area (Å²) in [4.78, 5) is 26.5. The van der Waals surface area contributed by atoms with Crippen LogP contribution in [0.25, 0.3) is 0 Å². The summed E-state index contributed by atoms with van der Waals surface area (Å²) in [5, 5.41) is 3.17. The molecule has 1 unspecified atom stereocenters. The molecule has 0 aromatic heterocycles. The molecule has 0 spiro atoms. The zero-order valence-electron chi connectivity index (χ0n) is 12.4. The normalized spacial score (nSPS) is 17.5. The molecule has 7 heteroatoms. The molecule has 0 saturated carbocycles. The molecule has 1 N–H and O–H groups in total. The Kier molecular flexibility index (Phi) is 4.73.